The van der Waals surface area contributed by atoms with Gasteiger partial charge in [0.25, 0.3) is 0 Å². The van der Waals surface area contributed by atoms with Gasteiger partial charge in [-0.05, 0) is 42.3 Å². The summed E-state index contributed by atoms with van der Waals surface area (Å²) >= 11 is 0. The molecular weight excluding hydrogens is 252 g/mol. The number of nitrogens with zero attached hydrogens (tertiary/aromatic N) is 2. The molecule has 102 valence electrons. The Hall–Kier alpha value is -2.56. The summed E-state index contributed by atoms with van der Waals surface area (Å²) in [5.41, 5.74) is 10.3. The summed E-state index contributed by atoms with van der Waals surface area (Å²) in [6.45, 7) is 1.98. The summed E-state index contributed by atoms with van der Waals surface area (Å²) in [5, 5.41) is 2.83. The molecule has 0 atom stereocenters. The average molecular weight is 268 g/mol. The molecule has 0 aliphatic carbocycles. The topological polar surface area (TPSA) is 71.2 Å². The highest BCUT2D eigenvalue weighted by Gasteiger charge is 2.19. The molecule has 1 amide bonds. The molecule has 0 saturated carbocycles. The second-order valence-corrected chi connectivity index (χ2v) is 5.03. The number of fused-ring (bicyclic) bond motifs is 1. The fourth-order valence-corrected chi connectivity index (χ4v) is 2.49. The number of pyridine rings is 1. The Bertz CT molecular complexity index is 696. The molecule has 3 rings (SSSR count). The van der Waals surface area contributed by atoms with Gasteiger partial charge in [0.15, 0.2) is 0 Å². The molecule has 5 heteroatoms. The minimum Gasteiger partial charge on any atom is -0.397 e. The van der Waals surface area contributed by atoms with E-state index >= 15 is 0 Å². The van der Waals surface area contributed by atoms with E-state index in [0.29, 0.717) is 12.1 Å². The van der Waals surface area contributed by atoms with Crippen molar-refractivity contribution in [1.82, 2.24) is 4.98 Å². The first-order valence-electron chi connectivity index (χ1n) is 6.43. The van der Waals surface area contributed by atoms with Crippen LogP contribution in [-0.2, 0) is 11.2 Å². The van der Waals surface area contributed by atoms with Gasteiger partial charge in [0.05, 0.1) is 18.3 Å². The van der Waals surface area contributed by atoms with Crippen molar-refractivity contribution in [1.29, 1.82) is 0 Å². The van der Waals surface area contributed by atoms with Gasteiger partial charge < -0.3 is 16.0 Å². The SMILES string of the molecule is Cc1cc(N)cnc1N(C)c1ccc2c(c1)CC(=O)N2. The lowest BCUT2D eigenvalue weighted by atomic mass is 10.1. The average Bonchev–Trinajstić information content (AvgIpc) is 2.77. The number of hydrogen-bond acceptors (Lipinski definition) is 4. The molecule has 2 aromatic rings. The summed E-state index contributed by atoms with van der Waals surface area (Å²) in [4.78, 5) is 17.8. The van der Waals surface area contributed by atoms with E-state index in [1.807, 2.05) is 43.1 Å². The first-order chi connectivity index (χ1) is 9.54. The zero-order valence-corrected chi connectivity index (χ0v) is 11.5. The Morgan fingerprint density at radius 3 is 2.90 bits per heavy atom. The fourth-order valence-electron chi connectivity index (χ4n) is 2.49. The molecule has 1 aromatic carbocycles. The zero-order valence-electron chi connectivity index (χ0n) is 11.5. The van der Waals surface area contributed by atoms with Crippen molar-refractivity contribution < 1.29 is 4.79 Å². The van der Waals surface area contributed by atoms with Crippen LogP contribution in [0.25, 0.3) is 0 Å². The third kappa shape index (κ3) is 2.07. The minimum atomic E-state index is 0.0431. The van der Waals surface area contributed by atoms with Crippen molar-refractivity contribution in [3.8, 4) is 0 Å². The van der Waals surface area contributed by atoms with Crippen molar-refractivity contribution in [2.24, 2.45) is 0 Å². The number of rotatable bonds is 2. The summed E-state index contributed by atoms with van der Waals surface area (Å²) in [6, 6.07) is 7.82. The number of nitrogens with two attached hydrogens (primary N) is 1. The predicted molar refractivity (Wildman–Crippen MR) is 80.2 cm³/mol. The van der Waals surface area contributed by atoms with E-state index in [-0.39, 0.29) is 5.91 Å². The van der Waals surface area contributed by atoms with Crippen molar-refractivity contribution in [3.05, 3.63) is 41.6 Å². The summed E-state index contributed by atoms with van der Waals surface area (Å²) in [6.07, 6.45) is 2.09. The van der Waals surface area contributed by atoms with Crippen molar-refractivity contribution >= 4 is 28.8 Å². The van der Waals surface area contributed by atoms with E-state index in [0.717, 1.165) is 28.3 Å². The molecule has 5 nitrogen and oxygen atoms in total. The maximum Gasteiger partial charge on any atom is 0.228 e. The van der Waals surface area contributed by atoms with E-state index in [1.165, 1.54) is 0 Å². The fraction of sp³-hybridized carbons (Fsp3) is 0.200. The van der Waals surface area contributed by atoms with Crippen LogP contribution in [0.1, 0.15) is 11.1 Å². The van der Waals surface area contributed by atoms with Gasteiger partial charge in [0, 0.05) is 18.4 Å². The van der Waals surface area contributed by atoms with Crippen LogP contribution in [0.3, 0.4) is 0 Å². The van der Waals surface area contributed by atoms with Gasteiger partial charge in [-0.15, -0.1) is 0 Å². The molecule has 0 radical (unpaired) electrons. The first-order valence-corrected chi connectivity index (χ1v) is 6.43. The summed E-state index contributed by atoms with van der Waals surface area (Å²) in [7, 11) is 1.96. The molecule has 0 bridgehead atoms. The van der Waals surface area contributed by atoms with Gasteiger partial charge >= 0.3 is 0 Å². The van der Waals surface area contributed by atoms with Gasteiger partial charge in [-0.3, -0.25) is 4.79 Å². The van der Waals surface area contributed by atoms with E-state index in [9.17, 15) is 4.79 Å². The van der Waals surface area contributed by atoms with E-state index in [4.69, 9.17) is 5.73 Å². The highest BCUT2D eigenvalue weighted by molar-refractivity contribution is 5.99. The highest BCUT2D eigenvalue weighted by atomic mass is 16.1. The molecular formula is C15H16N4O. The lowest BCUT2D eigenvalue weighted by Crippen LogP contribution is -2.13. The van der Waals surface area contributed by atoms with Crippen LogP contribution in [0.15, 0.2) is 30.5 Å². The number of carbonyl (C=O) groups is 1. The van der Waals surface area contributed by atoms with Gasteiger partial charge in [-0.2, -0.15) is 0 Å². The van der Waals surface area contributed by atoms with Crippen LogP contribution < -0.4 is 16.0 Å². The Kier molecular flexibility index (Phi) is 2.82. The van der Waals surface area contributed by atoms with Crippen LogP contribution in [0.5, 0.6) is 0 Å². The maximum absolute atomic E-state index is 11.4. The second-order valence-electron chi connectivity index (χ2n) is 5.03. The number of aryl methyl sites for hydroxylation is 1. The van der Waals surface area contributed by atoms with E-state index in [1.54, 1.807) is 6.20 Å². The van der Waals surface area contributed by atoms with Gasteiger partial charge in [-0.1, -0.05) is 0 Å². The highest BCUT2D eigenvalue weighted by Crippen LogP contribution is 2.31. The number of benzene rings is 1. The minimum absolute atomic E-state index is 0.0431. The Morgan fingerprint density at radius 2 is 2.15 bits per heavy atom. The number of amides is 1. The lowest BCUT2D eigenvalue weighted by molar-refractivity contribution is -0.115. The summed E-state index contributed by atoms with van der Waals surface area (Å²) < 4.78 is 0. The van der Waals surface area contributed by atoms with Gasteiger partial charge in [0.2, 0.25) is 5.91 Å². The van der Waals surface area contributed by atoms with E-state index in [2.05, 4.69) is 10.3 Å². The number of nitrogens with one attached hydrogen (secondary N) is 1. The molecule has 0 saturated heterocycles. The monoisotopic (exact) mass is 268 g/mol. The lowest BCUT2D eigenvalue weighted by Gasteiger charge is -2.21. The standard InChI is InChI=1S/C15H16N4O/c1-9-5-11(16)8-17-15(9)19(2)12-3-4-13-10(6-12)7-14(20)18-13/h3-6,8H,7,16H2,1-2H3,(H,18,20). The van der Waals surface area contributed by atoms with Crippen LogP contribution >= 0.6 is 0 Å². The normalized spacial score (nSPS) is 13.0. The third-order valence-electron chi connectivity index (χ3n) is 3.49. The molecule has 0 spiro atoms. The molecule has 1 aliphatic rings. The zero-order chi connectivity index (χ0) is 14.3. The molecule has 1 aromatic heterocycles. The molecule has 3 N–H and O–H groups in total. The quantitative estimate of drug-likeness (QED) is 0.876. The molecule has 20 heavy (non-hydrogen) atoms. The summed E-state index contributed by atoms with van der Waals surface area (Å²) in [5.74, 6) is 0.901. The van der Waals surface area contributed by atoms with Crippen molar-refractivity contribution in [2.45, 2.75) is 13.3 Å². The number of nitrogen functional groups attached to an aromatic ring is 1. The molecule has 0 unspecified atom stereocenters. The predicted octanol–water partition coefficient (Wildman–Crippen LogP) is 2.23. The smallest absolute Gasteiger partial charge is 0.228 e. The van der Waals surface area contributed by atoms with E-state index < -0.39 is 0 Å². The van der Waals surface area contributed by atoms with Crippen molar-refractivity contribution in [2.75, 3.05) is 23.0 Å². The van der Waals surface area contributed by atoms with Crippen LogP contribution in [0, 0.1) is 6.92 Å². The number of aromatic nitrogens is 1. The number of anilines is 4. The second kappa shape index (κ2) is 4.52. The Balaban J connectivity index is 1.97. The van der Waals surface area contributed by atoms with Crippen LogP contribution in [0.4, 0.5) is 22.9 Å². The number of hydrogen-bond donors (Lipinski definition) is 2. The van der Waals surface area contributed by atoms with Gasteiger partial charge in [0.1, 0.15) is 5.82 Å². The van der Waals surface area contributed by atoms with Crippen LogP contribution in [0.2, 0.25) is 0 Å². The maximum atomic E-state index is 11.4. The molecule has 0 fully saturated rings. The Morgan fingerprint density at radius 1 is 1.35 bits per heavy atom. The first kappa shape index (κ1) is 12.5. The van der Waals surface area contributed by atoms with Crippen molar-refractivity contribution in [3.63, 3.8) is 0 Å². The van der Waals surface area contributed by atoms with Gasteiger partial charge in [-0.25, -0.2) is 4.98 Å². The number of carbonyl (C=O) groups excluding carboxylic acids is 1. The molecule has 1 aliphatic heterocycles. The third-order valence-corrected chi connectivity index (χ3v) is 3.49. The van der Waals surface area contributed by atoms with Crippen LogP contribution in [-0.4, -0.2) is 17.9 Å². The molecule has 2 heterocycles. The largest absolute Gasteiger partial charge is 0.397 e. The Labute approximate surface area is 117 Å².